The first kappa shape index (κ1) is 15.0. The molecule has 7 heteroatoms. The molecule has 0 atom stereocenters. The smallest absolute Gasteiger partial charge is 0.324 e. The van der Waals surface area contributed by atoms with E-state index in [1.807, 2.05) is 0 Å². The summed E-state index contributed by atoms with van der Waals surface area (Å²) in [5, 5.41) is 4.93. The predicted molar refractivity (Wildman–Crippen MR) is 74.1 cm³/mol. The third-order valence-electron chi connectivity index (χ3n) is 3.20. The first-order valence-electron chi connectivity index (χ1n) is 6.41. The van der Waals surface area contributed by atoms with Crippen LogP contribution in [-0.4, -0.2) is 34.8 Å². The Bertz CT molecular complexity index is 628. The highest BCUT2D eigenvalue weighted by Gasteiger charge is 2.44. The molecular weight excluding hydrogens is 277 g/mol. The molecule has 1 saturated heterocycles. The summed E-state index contributed by atoms with van der Waals surface area (Å²) < 4.78 is 13.4. The average Bonchev–Trinajstić information content (AvgIpc) is 2.56. The lowest BCUT2D eigenvalue weighted by Gasteiger charge is -2.15. The van der Waals surface area contributed by atoms with E-state index >= 15 is 0 Å². The van der Waals surface area contributed by atoms with Gasteiger partial charge in [0, 0.05) is 5.69 Å². The Morgan fingerprint density at radius 1 is 1.38 bits per heavy atom. The summed E-state index contributed by atoms with van der Waals surface area (Å²) in [7, 11) is 0. The summed E-state index contributed by atoms with van der Waals surface area (Å²) in [6, 6.07) is 3.65. The molecule has 21 heavy (non-hydrogen) atoms. The molecule has 0 unspecified atom stereocenters. The quantitative estimate of drug-likeness (QED) is 0.827. The third kappa shape index (κ3) is 3.01. The number of benzene rings is 1. The van der Waals surface area contributed by atoms with Crippen molar-refractivity contribution in [2.45, 2.75) is 26.3 Å². The van der Waals surface area contributed by atoms with Crippen LogP contribution in [0.25, 0.3) is 0 Å². The second kappa shape index (κ2) is 5.16. The largest absolute Gasteiger partial charge is 0.325 e. The Balaban J connectivity index is 2.04. The molecule has 112 valence electrons. The molecule has 0 aromatic heterocycles. The van der Waals surface area contributed by atoms with Gasteiger partial charge in [0.1, 0.15) is 17.9 Å². The van der Waals surface area contributed by atoms with Crippen molar-refractivity contribution in [3.8, 4) is 0 Å². The number of carbonyl (C=O) groups is 3. The summed E-state index contributed by atoms with van der Waals surface area (Å²) in [6.07, 6.45) is 0. The van der Waals surface area contributed by atoms with Crippen LogP contribution < -0.4 is 10.6 Å². The van der Waals surface area contributed by atoms with Crippen LogP contribution in [0.3, 0.4) is 0 Å². The van der Waals surface area contributed by atoms with Crippen molar-refractivity contribution in [3.05, 3.63) is 29.6 Å². The van der Waals surface area contributed by atoms with Crippen LogP contribution >= 0.6 is 0 Å². The van der Waals surface area contributed by atoms with E-state index in [1.54, 1.807) is 26.8 Å². The lowest BCUT2D eigenvalue weighted by Crippen LogP contribution is -2.41. The second-order valence-electron chi connectivity index (χ2n) is 5.46. The van der Waals surface area contributed by atoms with E-state index < -0.39 is 35.7 Å². The van der Waals surface area contributed by atoms with Crippen molar-refractivity contribution in [2.75, 3.05) is 11.9 Å². The number of hydrogen-bond acceptors (Lipinski definition) is 3. The van der Waals surface area contributed by atoms with Gasteiger partial charge in [-0.05, 0) is 38.5 Å². The fraction of sp³-hybridized carbons (Fsp3) is 0.357. The first-order chi connectivity index (χ1) is 9.70. The SMILES string of the molecule is Cc1ccc(NC(=O)CN2C(=O)NC(C)(C)C2=O)cc1F. The van der Waals surface area contributed by atoms with E-state index in [2.05, 4.69) is 10.6 Å². The number of hydrogen-bond donors (Lipinski definition) is 2. The number of anilines is 1. The number of nitrogens with zero attached hydrogens (tertiary/aromatic N) is 1. The van der Waals surface area contributed by atoms with E-state index in [9.17, 15) is 18.8 Å². The van der Waals surface area contributed by atoms with Gasteiger partial charge in [-0.1, -0.05) is 6.07 Å². The molecule has 0 spiro atoms. The highest BCUT2D eigenvalue weighted by molar-refractivity contribution is 6.09. The summed E-state index contributed by atoms with van der Waals surface area (Å²) in [5.41, 5.74) is -0.286. The van der Waals surface area contributed by atoms with E-state index in [0.717, 1.165) is 4.90 Å². The molecule has 0 saturated carbocycles. The van der Waals surface area contributed by atoms with Gasteiger partial charge in [-0.2, -0.15) is 0 Å². The van der Waals surface area contributed by atoms with Gasteiger partial charge in [0.25, 0.3) is 5.91 Å². The van der Waals surface area contributed by atoms with Crippen molar-refractivity contribution in [1.82, 2.24) is 10.2 Å². The van der Waals surface area contributed by atoms with Crippen LogP contribution in [0, 0.1) is 12.7 Å². The summed E-state index contributed by atoms with van der Waals surface area (Å²) in [4.78, 5) is 36.3. The molecule has 6 nitrogen and oxygen atoms in total. The van der Waals surface area contributed by atoms with Crippen LogP contribution in [0.15, 0.2) is 18.2 Å². The Kier molecular flexibility index (Phi) is 3.67. The maximum absolute atomic E-state index is 13.4. The molecule has 1 aliphatic rings. The Labute approximate surface area is 121 Å². The molecule has 1 aromatic carbocycles. The summed E-state index contributed by atoms with van der Waals surface area (Å²) >= 11 is 0. The minimum absolute atomic E-state index is 0.273. The van der Waals surface area contributed by atoms with E-state index in [0.29, 0.717) is 5.56 Å². The molecule has 2 rings (SSSR count). The van der Waals surface area contributed by atoms with Crippen LogP contribution in [-0.2, 0) is 9.59 Å². The van der Waals surface area contributed by atoms with Crippen LogP contribution in [0.4, 0.5) is 14.9 Å². The van der Waals surface area contributed by atoms with Gasteiger partial charge in [-0.3, -0.25) is 14.5 Å². The molecule has 1 aliphatic heterocycles. The zero-order chi connectivity index (χ0) is 15.8. The van der Waals surface area contributed by atoms with Crippen molar-refractivity contribution < 1.29 is 18.8 Å². The molecule has 1 fully saturated rings. The van der Waals surface area contributed by atoms with Gasteiger partial charge >= 0.3 is 6.03 Å². The molecule has 4 amide bonds. The molecular formula is C14H16FN3O3. The number of amides is 4. The van der Waals surface area contributed by atoms with Crippen molar-refractivity contribution >= 4 is 23.5 Å². The van der Waals surface area contributed by atoms with E-state index in [4.69, 9.17) is 0 Å². The topological polar surface area (TPSA) is 78.5 Å². The first-order valence-corrected chi connectivity index (χ1v) is 6.41. The number of halogens is 1. The Morgan fingerprint density at radius 3 is 2.57 bits per heavy atom. The number of carbonyl (C=O) groups excluding carboxylic acids is 3. The minimum Gasteiger partial charge on any atom is -0.324 e. The molecule has 0 aliphatic carbocycles. The predicted octanol–water partition coefficient (Wildman–Crippen LogP) is 1.40. The minimum atomic E-state index is -1.02. The number of urea groups is 1. The highest BCUT2D eigenvalue weighted by atomic mass is 19.1. The Hall–Kier alpha value is -2.44. The maximum atomic E-state index is 13.4. The monoisotopic (exact) mass is 293 g/mol. The maximum Gasteiger partial charge on any atom is 0.325 e. The molecule has 1 aromatic rings. The fourth-order valence-corrected chi connectivity index (χ4v) is 1.98. The van der Waals surface area contributed by atoms with Gasteiger partial charge < -0.3 is 10.6 Å². The van der Waals surface area contributed by atoms with Gasteiger partial charge in [0.2, 0.25) is 5.91 Å². The third-order valence-corrected chi connectivity index (χ3v) is 3.20. The van der Waals surface area contributed by atoms with E-state index in [1.165, 1.54) is 12.1 Å². The molecule has 0 radical (unpaired) electrons. The van der Waals surface area contributed by atoms with Crippen LogP contribution in [0.5, 0.6) is 0 Å². The Morgan fingerprint density at radius 2 is 2.05 bits per heavy atom. The zero-order valence-corrected chi connectivity index (χ0v) is 12.0. The number of nitrogens with one attached hydrogen (secondary N) is 2. The van der Waals surface area contributed by atoms with E-state index in [-0.39, 0.29) is 5.69 Å². The van der Waals surface area contributed by atoms with Crippen LogP contribution in [0.2, 0.25) is 0 Å². The van der Waals surface area contributed by atoms with Gasteiger partial charge in [-0.15, -0.1) is 0 Å². The molecule has 1 heterocycles. The van der Waals surface area contributed by atoms with Gasteiger partial charge in [0.05, 0.1) is 0 Å². The average molecular weight is 293 g/mol. The number of rotatable bonds is 3. The molecule has 0 bridgehead atoms. The van der Waals surface area contributed by atoms with Crippen LogP contribution in [0.1, 0.15) is 19.4 Å². The van der Waals surface area contributed by atoms with Gasteiger partial charge in [0.15, 0.2) is 0 Å². The number of imide groups is 1. The standard InChI is InChI=1S/C14H16FN3O3/c1-8-4-5-9(6-10(8)15)16-11(19)7-18-12(20)14(2,3)17-13(18)21/h4-6H,7H2,1-3H3,(H,16,19)(H,17,21). The van der Waals surface area contributed by atoms with Crippen molar-refractivity contribution in [2.24, 2.45) is 0 Å². The zero-order valence-electron chi connectivity index (χ0n) is 12.0. The summed E-state index contributed by atoms with van der Waals surface area (Å²) in [6.45, 7) is 4.31. The van der Waals surface area contributed by atoms with Crippen molar-refractivity contribution in [3.63, 3.8) is 0 Å². The highest BCUT2D eigenvalue weighted by Crippen LogP contribution is 2.17. The fourth-order valence-electron chi connectivity index (χ4n) is 1.98. The van der Waals surface area contributed by atoms with Gasteiger partial charge in [-0.25, -0.2) is 9.18 Å². The molecule has 2 N–H and O–H groups in total. The second-order valence-corrected chi connectivity index (χ2v) is 5.46. The van der Waals surface area contributed by atoms with Crippen molar-refractivity contribution in [1.29, 1.82) is 0 Å². The normalized spacial score (nSPS) is 16.9. The lowest BCUT2D eigenvalue weighted by atomic mass is 10.1. The number of aryl methyl sites for hydroxylation is 1. The summed E-state index contributed by atoms with van der Waals surface area (Å²) in [5.74, 6) is -1.49. The lowest BCUT2D eigenvalue weighted by molar-refractivity contribution is -0.132.